The van der Waals surface area contributed by atoms with Crippen LogP contribution in [0.15, 0.2) is 94.8 Å². The maximum Gasteiger partial charge on any atom is 0.311 e. The van der Waals surface area contributed by atoms with E-state index in [-0.39, 0.29) is 29.7 Å². The van der Waals surface area contributed by atoms with Crippen molar-refractivity contribution in [3.8, 4) is 0 Å². The molecule has 0 aliphatic heterocycles. The summed E-state index contributed by atoms with van der Waals surface area (Å²) in [7, 11) is 0. The first kappa shape index (κ1) is 31.2. The van der Waals surface area contributed by atoms with E-state index in [1.807, 2.05) is 43.3 Å². The van der Waals surface area contributed by atoms with Gasteiger partial charge in [0.15, 0.2) is 5.13 Å². The molecule has 0 saturated heterocycles. The molecule has 0 unspecified atom stereocenters. The number of ether oxygens (including phenoxy) is 1. The average molecular weight is 615 g/mol. The van der Waals surface area contributed by atoms with E-state index in [0.717, 1.165) is 16.0 Å². The van der Waals surface area contributed by atoms with Gasteiger partial charge in [-0.3, -0.25) is 19.2 Å². The minimum atomic E-state index is -0.493. The first-order valence-corrected chi connectivity index (χ1v) is 15.2. The van der Waals surface area contributed by atoms with E-state index < -0.39 is 11.8 Å². The molecule has 3 amide bonds. The summed E-state index contributed by atoms with van der Waals surface area (Å²) in [5, 5.41) is 10.4. The molecule has 1 heterocycles. The van der Waals surface area contributed by atoms with Gasteiger partial charge in [0.2, 0.25) is 5.91 Å². The van der Waals surface area contributed by atoms with E-state index in [0.29, 0.717) is 28.7 Å². The number of amides is 3. The van der Waals surface area contributed by atoms with Crippen LogP contribution >= 0.6 is 23.1 Å². The van der Waals surface area contributed by atoms with Crippen molar-refractivity contribution in [3.63, 3.8) is 0 Å². The molecule has 220 valence electrons. The molecule has 0 aliphatic carbocycles. The van der Waals surface area contributed by atoms with E-state index in [9.17, 15) is 19.2 Å². The lowest BCUT2D eigenvalue weighted by Gasteiger charge is -2.12. The summed E-state index contributed by atoms with van der Waals surface area (Å²) in [5.41, 5.74) is 3.38. The fraction of sp³-hybridized carbons (Fsp3) is 0.156. The molecule has 0 spiro atoms. The summed E-state index contributed by atoms with van der Waals surface area (Å²) in [6.45, 7) is 4.00. The van der Waals surface area contributed by atoms with Gasteiger partial charge >= 0.3 is 5.97 Å². The van der Waals surface area contributed by atoms with Gasteiger partial charge in [0.25, 0.3) is 11.8 Å². The highest BCUT2D eigenvalue weighted by molar-refractivity contribution is 8.00. The largest absolute Gasteiger partial charge is 0.466 e. The fourth-order valence-corrected chi connectivity index (χ4v) is 5.22. The van der Waals surface area contributed by atoms with Gasteiger partial charge in [-0.2, -0.15) is 0 Å². The Hall–Kier alpha value is -4.74. The smallest absolute Gasteiger partial charge is 0.311 e. The molecule has 0 fully saturated rings. The van der Waals surface area contributed by atoms with Crippen LogP contribution < -0.4 is 16.0 Å². The zero-order valence-electron chi connectivity index (χ0n) is 23.6. The molecule has 11 heteroatoms. The number of rotatable bonds is 12. The van der Waals surface area contributed by atoms with Gasteiger partial charge in [-0.25, -0.2) is 4.98 Å². The van der Waals surface area contributed by atoms with Crippen LogP contribution in [0.4, 0.5) is 10.8 Å². The van der Waals surface area contributed by atoms with Gasteiger partial charge in [-0.05, 0) is 55.8 Å². The van der Waals surface area contributed by atoms with Crippen molar-refractivity contribution in [1.29, 1.82) is 0 Å². The Balaban J connectivity index is 1.38. The lowest BCUT2D eigenvalue weighted by atomic mass is 10.1. The number of hydrogen-bond donors (Lipinski definition) is 3. The highest BCUT2D eigenvalue weighted by atomic mass is 32.2. The van der Waals surface area contributed by atoms with Crippen molar-refractivity contribution in [1.82, 2.24) is 10.3 Å². The first-order valence-electron chi connectivity index (χ1n) is 13.4. The number of thiazole rings is 1. The lowest BCUT2D eigenvalue weighted by Crippen LogP contribution is -2.30. The SMILES string of the molecule is CCOC(=O)Cc1csc(NC(=O)CSc2cccc(NC(=O)/C(=C/c3ccc(C)cc3)NC(=O)c3ccccc3)c2)n1. The average Bonchev–Trinajstić information content (AvgIpc) is 3.43. The molecular formula is C32H30N4O5S2. The zero-order valence-corrected chi connectivity index (χ0v) is 25.2. The van der Waals surface area contributed by atoms with Crippen LogP contribution in [0.2, 0.25) is 0 Å². The summed E-state index contributed by atoms with van der Waals surface area (Å²) in [6.07, 6.45) is 1.67. The first-order chi connectivity index (χ1) is 20.8. The number of aromatic nitrogens is 1. The Labute approximate surface area is 257 Å². The van der Waals surface area contributed by atoms with E-state index in [2.05, 4.69) is 20.9 Å². The molecule has 1 aromatic heterocycles. The molecule has 0 saturated carbocycles. The summed E-state index contributed by atoms with van der Waals surface area (Å²) < 4.78 is 4.92. The van der Waals surface area contributed by atoms with Crippen molar-refractivity contribution in [2.45, 2.75) is 25.2 Å². The predicted octanol–water partition coefficient (Wildman–Crippen LogP) is 5.70. The number of nitrogens with zero attached hydrogens (tertiary/aromatic N) is 1. The second-order valence-electron chi connectivity index (χ2n) is 9.23. The molecule has 9 nitrogen and oxygen atoms in total. The van der Waals surface area contributed by atoms with E-state index in [1.54, 1.807) is 60.8 Å². The Morgan fingerprint density at radius 3 is 2.47 bits per heavy atom. The Kier molecular flexibility index (Phi) is 11.2. The Bertz CT molecular complexity index is 1620. The van der Waals surface area contributed by atoms with Crippen molar-refractivity contribution in [3.05, 3.63) is 112 Å². The second kappa shape index (κ2) is 15.5. The van der Waals surface area contributed by atoms with Crippen molar-refractivity contribution < 1.29 is 23.9 Å². The fourth-order valence-electron chi connectivity index (χ4n) is 3.74. The second-order valence-corrected chi connectivity index (χ2v) is 11.1. The van der Waals surface area contributed by atoms with Crippen LogP contribution in [-0.2, 0) is 25.5 Å². The van der Waals surface area contributed by atoms with Crippen molar-refractivity contribution in [2.75, 3.05) is 23.0 Å². The number of anilines is 2. The maximum atomic E-state index is 13.3. The van der Waals surface area contributed by atoms with Gasteiger partial charge in [0.05, 0.1) is 24.5 Å². The van der Waals surface area contributed by atoms with Gasteiger partial charge in [0.1, 0.15) is 5.70 Å². The summed E-state index contributed by atoms with van der Waals surface area (Å²) in [5.74, 6) is -1.42. The number of carbonyl (C=O) groups is 4. The molecule has 0 bridgehead atoms. The zero-order chi connectivity index (χ0) is 30.6. The highest BCUT2D eigenvalue weighted by Crippen LogP contribution is 2.23. The molecule has 4 aromatic rings. The molecule has 3 N–H and O–H groups in total. The number of thioether (sulfide) groups is 1. The number of benzene rings is 3. The molecule has 0 aliphatic rings. The molecule has 3 aromatic carbocycles. The van der Waals surface area contributed by atoms with Crippen LogP contribution in [0.5, 0.6) is 0 Å². The number of esters is 1. The Morgan fingerprint density at radius 1 is 0.953 bits per heavy atom. The highest BCUT2D eigenvalue weighted by Gasteiger charge is 2.16. The maximum absolute atomic E-state index is 13.3. The summed E-state index contributed by atoms with van der Waals surface area (Å²) in [6, 6.07) is 23.3. The third-order valence-electron chi connectivity index (χ3n) is 5.81. The summed E-state index contributed by atoms with van der Waals surface area (Å²) in [4.78, 5) is 55.4. The van der Waals surface area contributed by atoms with Crippen molar-refractivity contribution in [2.24, 2.45) is 0 Å². The third kappa shape index (κ3) is 9.94. The monoisotopic (exact) mass is 614 g/mol. The van der Waals surface area contributed by atoms with Gasteiger partial charge in [-0.15, -0.1) is 23.1 Å². The molecule has 43 heavy (non-hydrogen) atoms. The van der Waals surface area contributed by atoms with E-state index in [4.69, 9.17) is 4.74 Å². The predicted molar refractivity (Wildman–Crippen MR) is 170 cm³/mol. The summed E-state index contributed by atoms with van der Waals surface area (Å²) >= 11 is 2.52. The molecule has 4 rings (SSSR count). The standard InChI is InChI=1S/C32H30N4O5S2/c1-3-41-29(38)18-25-19-43-32(34-25)36-28(37)20-42-26-11-7-10-24(17-26)33-31(40)27(16-22-14-12-21(2)13-15-22)35-30(39)23-8-5-4-6-9-23/h4-17,19H,3,18,20H2,1-2H3,(H,33,40)(H,35,39)(H,34,36,37)/b27-16-. The number of aryl methyl sites for hydroxylation is 1. The van der Waals surface area contributed by atoms with Crippen LogP contribution in [0, 0.1) is 6.92 Å². The Morgan fingerprint density at radius 2 is 1.72 bits per heavy atom. The minimum Gasteiger partial charge on any atom is -0.466 e. The number of nitrogens with one attached hydrogen (secondary N) is 3. The van der Waals surface area contributed by atoms with Crippen LogP contribution in [0.1, 0.15) is 34.1 Å². The quantitative estimate of drug-likeness (QED) is 0.106. The third-order valence-corrected chi connectivity index (χ3v) is 7.61. The van der Waals surface area contributed by atoms with Crippen LogP contribution in [0.3, 0.4) is 0 Å². The van der Waals surface area contributed by atoms with Gasteiger partial charge < -0.3 is 20.7 Å². The number of hydrogen-bond acceptors (Lipinski definition) is 8. The topological polar surface area (TPSA) is 126 Å². The van der Waals surface area contributed by atoms with Crippen LogP contribution in [-0.4, -0.2) is 41.0 Å². The number of carbonyl (C=O) groups excluding carboxylic acids is 4. The minimum absolute atomic E-state index is 0.0470. The van der Waals surface area contributed by atoms with E-state index in [1.165, 1.54) is 23.1 Å². The van der Waals surface area contributed by atoms with Gasteiger partial charge in [-0.1, -0.05) is 54.1 Å². The van der Waals surface area contributed by atoms with Crippen LogP contribution in [0.25, 0.3) is 6.08 Å². The molecular weight excluding hydrogens is 585 g/mol. The van der Waals surface area contributed by atoms with Gasteiger partial charge in [0, 0.05) is 21.5 Å². The van der Waals surface area contributed by atoms with E-state index >= 15 is 0 Å². The molecule has 0 radical (unpaired) electrons. The van der Waals surface area contributed by atoms with Crippen molar-refractivity contribution >= 4 is 63.7 Å². The normalized spacial score (nSPS) is 11.0. The molecule has 0 atom stereocenters. The lowest BCUT2D eigenvalue weighted by molar-refractivity contribution is -0.142.